The molecular weight excluding hydrogens is 368 g/mol. The van der Waals surface area contributed by atoms with Crippen molar-refractivity contribution < 1.29 is 19.1 Å². The predicted molar refractivity (Wildman–Crippen MR) is 104 cm³/mol. The maximum Gasteiger partial charge on any atom is 0.339 e. The van der Waals surface area contributed by atoms with Crippen molar-refractivity contribution in [2.45, 2.75) is 0 Å². The fraction of sp³-hybridized carbons (Fsp3) is 0.300. The molecule has 1 amide bonds. The molecule has 0 aromatic heterocycles. The molecular formula is C20H21ClN2O4. The van der Waals surface area contributed by atoms with Crippen molar-refractivity contribution in [1.82, 2.24) is 4.90 Å². The number of anilines is 1. The fourth-order valence-electron chi connectivity index (χ4n) is 3.00. The average molecular weight is 389 g/mol. The first kappa shape index (κ1) is 19.0. The van der Waals surface area contributed by atoms with Crippen LogP contribution in [0.15, 0.2) is 48.5 Å². The maximum absolute atomic E-state index is 12.4. The first-order valence-electron chi connectivity index (χ1n) is 8.67. The molecule has 27 heavy (non-hydrogen) atoms. The lowest BCUT2D eigenvalue weighted by molar-refractivity contribution is -0.133. The Kier molecular flexibility index (Phi) is 6.19. The van der Waals surface area contributed by atoms with Gasteiger partial charge in [-0.25, -0.2) is 4.79 Å². The van der Waals surface area contributed by atoms with Gasteiger partial charge >= 0.3 is 5.97 Å². The Morgan fingerprint density at radius 3 is 2.33 bits per heavy atom. The van der Waals surface area contributed by atoms with E-state index in [-0.39, 0.29) is 18.5 Å². The van der Waals surface area contributed by atoms with Gasteiger partial charge in [0.05, 0.1) is 18.4 Å². The summed E-state index contributed by atoms with van der Waals surface area (Å²) in [5.41, 5.74) is 1.36. The number of hydrogen-bond donors (Lipinski definition) is 0. The summed E-state index contributed by atoms with van der Waals surface area (Å²) in [6.45, 7) is 2.40. The molecule has 0 aliphatic carbocycles. The molecule has 2 aromatic rings. The van der Waals surface area contributed by atoms with Gasteiger partial charge < -0.3 is 19.3 Å². The molecule has 7 heteroatoms. The highest BCUT2D eigenvalue weighted by Gasteiger charge is 2.24. The summed E-state index contributed by atoms with van der Waals surface area (Å²) in [7, 11) is 1.37. The van der Waals surface area contributed by atoms with E-state index in [1.54, 1.807) is 35.2 Å². The highest BCUT2D eigenvalue weighted by atomic mass is 35.5. The third-order valence-electron chi connectivity index (χ3n) is 4.46. The van der Waals surface area contributed by atoms with Crippen LogP contribution in [0.3, 0.4) is 0 Å². The van der Waals surface area contributed by atoms with Crippen LogP contribution in [-0.2, 0) is 9.53 Å². The number of methoxy groups -OCH3 is 1. The van der Waals surface area contributed by atoms with Crippen molar-refractivity contribution >= 4 is 29.2 Å². The summed E-state index contributed by atoms with van der Waals surface area (Å²) in [4.78, 5) is 28.2. The van der Waals surface area contributed by atoms with Gasteiger partial charge in [-0.1, -0.05) is 23.7 Å². The molecule has 0 spiro atoms. The summed E-state index contributed by atoms with van der Waals surface area (Å²) in [6, 6.07) is 14.3. The van der Waals surface area contributed by atoms with Gasteiger partial charge in [0, 0.05) is 31.2 Å². The number of piperazine rings is 1. The smallest absolute Gasteiger partial charge is 0.339 e. The second-order valence-corrected chi connectivity index (χ2v) is 6.56. The van der Waals surface area contributed by atoms with E-state index in [0.717, 1.165) is 5.69 Å². The largest absolute Gasteiger partial charge is 0.484 e. The van der Waals surface area contributed by atoms with Crippen molar-refractivity contribution in [2.75, 3.05) is 44.8 Å². The topological polar surface area (TPSA) is 59.1 Å². The van der Waals surface area contributed by atoms with Crippen LogP contribution < -0.4 is 9.64 Å². The molecule has 1 heterocycles. The molecule has 1 aliphatic heterocycles. The van der Waals surface area contributed by atoms with E-state index < -0.39 is 0 Å². The second-order valence-electron chi connectivity index (χ2n) is 6.12. The van der Waals surface area contributed by atoms with Crippen LogP contribution in [0.2, 0.25) is 5.02 Å². The lowest BCUT2D eigenvalue weighted by Gasteiger charge is -2.36. The van der Waals surface area contributed by atoms with Gasteiger partial charge in [-0.2, -0.15) is 0 Å². The molecule has 0 saturated carbocycles. The van der Waals surface area contributed by atoms with E-state index in [0.29, 0.717) is 42.5 Å². The third-order valence-corrected chi connectivity index (χ3v) is 4.71. The number of carbonyl (C=O) groups is 2. The van der Waals surface area contributed by atoms with Crippen LogP contribution in [0.5, 0.6) is 5.75 Å². The lowest BCUT2D eigenvalue weighted by Crippen LogP contribution is -2.50. The number of carbonyl (C=O) groups excluding carboxylic acids is 2. The molecule has 0 atom stereocenters. The van der Waals surface area contributed by atoms with E-state index in [1.165, 1.54) is 7.11 Å². The fourth-order valence-corrected chi connectivity index (χ4v) is 3.12. The Morgan fingerprint density at radius 1 is 1.00 bits per heavy atom. The first-order valence-corrected chi connectivity index (χ1v) is 9.04. The minimum atomic E-state index is -0.361. The van der Waals surface area contributed by atoms with Gasteiger partial charge in [0.25, 0.3) is 5.91 Å². The van der Waals surface area contributed by atoms with E-state index in [1.807, 2.05) is 18.2 Å². The highest BCUT2D eigenvalue weighted by Crippen LogP contribution is 2.23. The Balaban J connectivity index is 1.55. The van der Waals surface area contributed by atoms with Crippen LogP contribution in [-0.4, -0.2) is 56.7 Å². The lowest BCUT2D eigenvalue weighted by atomic mass is 10.1. The first-order chi connectivity index (χ1) is 13.1. The van der Waals surface area contributed by atoms with E-state index in [9.17, 15) is 9.59 Å². The number of ether oxygens (including phenoxy) is 2. The van der Waals surface area contributed by atoms with Gasteiger partial charge in [0.1, 0.15) is 5.75 Å². The predicted octanol–water partition coefficient (Wildman–Crippen LogP) is 2.85. The molecule has 0 bridgehead atoms. The van der Waals surface area contributed by atoms with Gasteiger partial charge in [0.15, 0.2) is 6.61 Å². The third kappa shape index (κ3) is 4.71. The Labute approximate surface area is 163 Å². The molecule has 1 aliphatic rings. The summed E-state index contributed by atoms with van der Waals surface area (Å²) in [6.07, 6.45) is 0. The molecule has 2 aromatic carbocycles. The molecule has 1 saturated heterocycles. The monoisotopic (exact) mass is 388 g/mol. The zero-order chi connectivity index (χ0) is 19.2. The number of halogens is 1. The van der Waals surface area contributed by atoms with Crippen molar-refractivity contribution in [2.24, 2.45) is 0 Å². The molecule has 6 nitrogen and oxygen atoms in total. The maximum atomic E-state index is 12.4. The van der Waals surface area contributed by atoms with Crippen LogP contribution in [0.4, 0.5) is 5.69 Å². The highest BCUT2D eigenvalue weighted by molar-refractivity contribution is 6.30. The standard InChI is InChI=1S/C20H21ClN2O4/c1-26-20(25)17-4-2-3-5-18(17)22-10-12-23(13-11-22)19(24)14-27-16-8-6-15(21)7-9-16/h2-9H,10-14H2,1H3. The van der Waals surface area contributed by atoms with Crippen LogP contribution in [0, 0.1) is 0 Å². The summed E-state index contributed by atoms with van der Waals surface area (Å²) in [5, 5.41) is 0.622. The minimum Gasteiger partial charge on any atom is -0.484 e. The second kappa shape index (κ2) is 8.77. The van der Waals surface area contributed by atoms with Gasteiger partial charge in [0.2, 0.25) is 0 Å². The number of para-hydroxylation sites is 1. The molecule has 0 unspecified atom stereocenters. The number of esters is 1. The SMILES string of the molecule is COC(=O)c1ccccc1N1CCN(C(=O)COc2ccc(Cl)cc2)CC1. The van der Waals surface area contributed by atoms with Crippen molar-refractivity contribution in [3.8, 4) is 5.75 Å². The van der Waals surface area contributed by atoms with Gasteiger partial charge in [-0.3, -0.25) is 4.79 Å². The Bertz CT molecular complexity index is 802. The van der Waals surface area contributed by atoms with Crippen molar-refractivity contribution in [3.05, 3.63) is 59.1 Å². The van der Waals surface area contributed by atoms with E-state index in [2.05, 4.69) is 4.90 Å². The number of hydrogen-bond acceptors (Lipinski definition) is 5. The summed E-state index contributed by atoms with van der Waals surface area (Å²) in [5.74, 6) is 0.185. The molecule has 3 rings (SSSR count). The van der Waals surface area contributed by atoms with Crippen LogP contribution in [0.25, 0.3) is 0 Å². The minimum absolute atomic E-state index is 0.0135. The molecule has 1 fully saturated rings. The molecule has 0 N–H and O–H groups in total. The average Bonchev–Trinajstić information content (AvgIpc) is 2.72. The van der Waals surface area contributed by atoms with E-state index in [4.69, 9.17) is 21.1 Å². The summed E-state index contributed by atoms with van der Waals surface area (Å²) >= 11 is 5.84. The zero-order valence-electron chi connectivity index (χ0n) is 15.1. The van der Waals surface area contributed by atoms with Crippen LogP contribution >= 0.6 is 11.6 Å². The summed E-state index contributed by atoms with van der Waals surface area (Å²) < 4.78 is 10.4. The van der Waals surface area contributed by atoms with Crippen LogP contribution in [0.1, 0.15) is 10.4 Å². The quantitative estimate of drug-likeness (QED) is 0.737. The molecule has 142 valence electrons. The van der Waals surface area contributed by atoms with Crippen molar-refractivity contribution in [3.63, 3.8) is 0 Å². The Morgan fingerprint density at radius 2 is 1.67 bits per heavy atom. The van der Waals surface area contributed by atoms with E-state index >= 15 is 0 Å². The van der Waals surface area contributed by atoms with Crippen molar-refractivity contribution in [1.29, 1.82) is 0 Å². The van der Waals surface area contributed by atoms with Gasteiger partial charge in [-0.15, -0.1) is 0 Å². The van der Waals surface area contributed by atoms with Gasteiger partial charge in [-0.05, 0) is 36.4 Å². The Hall–Kier alpha value is -2.73. The number of amides is 1. The number of rotatable bonds is 5. The molecule has 0 radical (unpaired) electrons. The normalized spacial score (nSPS) is 14.0. The number of nitrogens with zero attached hydrogens (tertiary/aromatic N) is 2. The zero-order valence-corrected chi connectivity index (χ0v) is 15.8. The number of benzene rings is 2.